The lowest BCUT2D eigenvalue weighted by Gasteiger charge is -2.13. The van der Waals surface area contributed by atoms with E-state index in [0.717, 1.165) is 32.9 Å². The van der Waals surface area contributed by atoms with Crippen LogP contribution in [0.25, 0.3) is 6.08 Å². The highest BCUT2D eigenvalue weighted by atomic mass is 79.9. The van der Waals surface area contributed by atoms with Gasteiger partial charge in [0, 0.05) is 9.50 Å². The van der Waals surface area contributed by atoms with Gasteiger partial charge in [-0.3, -0.25) is 14.5 Å². The van der Waals surface area contributed by atoms with Gasteiger partial charge in [0.2, 0.25) is 0 Å². The molecule has 3 aromatic rings. The van der Waals surface area contributed by atoms with E-state index < -0.39 is 0 Å². The van der Waals surface area contributed by atoms with Crippen molar-refractivity contribution in [1.29, 1.82) is 0 Å². The van der Waals surface area contributed by atoms with E-state index in [-0.39, 0.29) is 17.7 Å². The van der Waals surface area contributed by atoms with Crippen LogP contribution >= 0.6 is 39.3 Å². The molecule has 4 rings (SSSR count). The summed E-state index contributed by atoms with van der Waals surface area (Å²) in [6.45, 7) is 0.526. The molecular weight excluding hydrogens is 526 g/mol. The highest BCUT2D eigenvalue weighted by Gasteiger charge is 2.35. The predicted molar refractivity (Wildman–Crippen MR) is 134 cm³/mol. The zero-order valence-electron chi connectivity index (χ0n) is 17.6. The second kappa shape index (κ2) is 10.5. The van der Waals surface area contributed by atoms with Crippen molar-refractivity contribution >= 4 is 56.5 Å². The van der Waals surface area contributed by atoms with Gasteiger partial charge in [-0.15, -0.1) is 0 Å². The highest BCUT2D eigenvalue weighted by molar-refractivity contribution is 9.10. The second-order valence-electron chi connectivity index (χ2n) is 7.18. The molecule has 8 heteroatoms. The highest BCUT2D eigenvalue weighted by Crippen LogP contribution is 2.36. The number of thioether (sulfide) groups is 1. The van der Waals surface area contributed by atoms with Crippen LogP contribution in [0.2, 0.25) is 5.02 Å². The van der Waals surface area contributed by atoms with Crippen LogP contribution in [-0.2, 0) is 17.9 Å². The minimum absolute atomic E-state index is 0.133. The lowest BCUT2D eigenvalue weighted by atomic mass is 10.1. The molecule has 2 amide bonds. The van der Waals surface area contributed by atoms with Gasteiger partial charge in [0.25, 0.3) is 11.1 Å². The van der Waals surface area contributed by atoms with Gasteiger partial charge in [-0.1, -0.05) is 63.9 Å². The maximum Gasteiger partial charge on any atom is 0.293 e. The van der Waals surface area contributed by atoms with Crippen LogP contribution in [0.4, 0.5) is 4.79 Å². The third-order valence-corrected chi connectivity index (χ3v) is 6.76. The van der Waals surface area contributed by atoms with Crippen LogP contribution in [0.1, 0.15) is 16.7 Å². The Balaban J connectivity index is 1.49. The molecule has 0 N–H and O–H groups in total. The Bertz CT molecular complexity index is 1230. The Morgan fingerprint density at radius 1 is 1.03 bits per heavy atom. The minimum Gasteiger partial charge on any atom is -0.493 e. The van der Waals surface area contributed by atoms with Gasteiger partial charge in [-0.05, 0) is 64.9 Å². The fourth-order valence-electron chi connectivity index (χ4n) is 3.22. The zero-order chi connectivity index (χ0) is 23.4. The van der Waals surface area contributed by atoms with Crippen molar-refractivity contribution in [3.63, 3.8) is 0 Å². The summed E-state index contributed by atoms with van der Waals surface area (Å²) in [6.07, 6.45) is 1.68. The van der Waals surface area contributed by atoms with Gasteiger partial charge in [-0.25, -0.2) is 0 Å². The van der Waals surface area contributed by atoms with Gasteiger partial charge in [0.05, 0.1) is 18.6 Å². The smallest absolute Gasteiger partial charge is 0.293 e. The van der Waals surface area contributed by atoms with E-state index in [1.165, 1.54) is 4.90 Å². The fraction of sp³-hybridized carbons (Fsp3) is 0.120. The summed E-state index contributed by atoms with van der Waals surface area (Å²) in [5, 5.41) is 0.191. The van der Waals surface area contributed by atoms with Crippen molar-refractivity contribution in [2.24, 2.45) is 0 Å². The van der Waals surface area contributed by atoms with Crippen molar-refractivity contribution < 1.29 is 19.1 Å². The molecule has 0 saturated carbocycles. The summed E-state index contributed by atoms with van der Waals surface area (Å²) in [5.74, 6) is 0.778. The summed E-state index contributed by atoms with van der Waals surface area (Å²) >= 11 is 10.5. The molecule has 0 spiro atoms. The summed E-state index contributed by atoms with van der Waals surface area (Å²) in [7, 11) is 1.56. The standard InChI is InChI=1S/C25H19BrClNO4S/c1-31-22-12-17(8-11-21(22)32-15-16-6-9-19(26)10-7-16)13-23-24(29)28(25(30)33-23)14-18-4-2-3-5-20(18)27/h2-13H,14-15H2,1H3/b23-13-. The summed E-state index contributed by atoms with van der Waals surface area (Å²) in [5.41, 5.74) is 2.47. The molecule has 1 aliphatic rings. The van der Waals surface area contributed by atoms with Crippen LogP contribution in [0, 0.1) is 0 Å². The van der Waals surface area contributed by atoms with Crippen LogP contribution in [0.3, 0.4) is 0 Å². The lowest BCUT2D eigenvalue weighted by Crippen LogP contribution is -2.27. The normalized spacial score (nSPS) is 14.8. The molecular formula is C25H19BrClNO4S. The SMILES string of the molecule is COc1cc(/C=C2\SC(=O)N(Cc3ccccc3Cl)C2=O)ccc1OCc1ccc(Br)cc1. The maximum atomic E-state index is 12.9. The monoisotopic (exact) mass is 543 g/mol. The number of halogens is 2. The Morgan fingerprint density at radius 3 is 2.52 bits per heavy atom. The molecule has 0 bridgehead atoms. The second-order valence-corrected chi connectivity index (χ2v) is 9.50. The first-order valence-electron chi connectivity index (χ1n) is 9.98. The summed E-state index contributed by atoms with van der Waals surface area (Å²) in [4.78, 5) is 26.9. The Morgan fingerprint density at radius 2 is 1.79 bits per heavy atom. The van der Waals surface area contributed by atoms with Crippen molar-refractivity contribution in [3.05, 3.63) is 97.8 Å². The first-order valence-corrected chi connectivity index (χ1v) is 12.0. The average Bonchev–Trinajstić information content (AvgIpc) is 3.07. The van der Waals surface area contributed by atoms with E-state index in [1.54, 1.807) is 43.5 Å². The molecule has 0 unspecified atom stereocenters. The molecule has 0 radical (unpaired) electrons. The van der Waals surface area contributed by atoms with Crippen molar-refractivity contribution in [1.82, 2.24) is 4.90 Å². The van der Waals surface area contributed by atoms with Gasteiger partial charge < -0.3 is 9.47 Å². The number of imide groups is 1. The largest absolute Gasteiger partial charge is 0.493 e. The quantitative estimate of drug-likeness (QED) is 0.302. The van der Waals surface area contributed by atoms with Crippen molar-refractivity contribution in [2.75, 3.05) is 7.11 Å². The van der Waals surface area contributed by atoms with E-state index in [1.807, 2.05) is 36.4 Å². The van der Waals surface area contributed by atoms with Gasteiger partial charge >= 0.3 is 0 Å². The molecule has 5 nitrogen and oxygen atoms in total. The van der Waals surface area contributed by atoms with Crippen LogP contribution in [0.5, 0.6) is 11.5 Å². The molecule has 1 aliphatic heterocycles. The molecule has 3 aromatic carbocycles. The minimum atomic E-state index is -0.348. The Kier molecular flexibility index (Phi) is 7.42. The Labute approximate surface area is 209 Å². The van der Waals surface area contributed by atoms with E-state index in [9.17, 15) is 9.59 Å². The molecule has 1 fully saturated rings. The molecule has 168 valence electrons. The first-order chi connectivity index (χ1) is 15.9. The van der Waals surface area contributed by atoms with Crippen molar-refractivity contribution in [3.8, 4) is 11.5 Å². The number of benzene rings is 3. The van der Waals surface area contributed by atoms with E-state index in [4.69, 9.17) is 21.1 Å². The number of ether oxygens (including phenoxy) is 2. The summed E-state index contributed by atoms with van der Waals surface area (Å²) in [6, 6.07) is 20.4. The molecule has 0 aliphatic carbocycles. The van der Waals surface area contributed by atoms with E-state index in [2.05, 4.69) is 15.9 Å². The predicted octanol–water partition coefficient (Wildman–Crippen LogP) is 6.93. The van der Waals surface area contributed by atoms with Crippen LogP contribution in [0.15, 0.2) is 76.1 Å². The number of hydrogen-bond donors (Lipinski definition) is 0. The maximum absolute atomic E-state index is 12.9. The van der Waals surface area contributed by atoms with Crippen LogP contribution < -0.4 is 9.47 Å². The first kappa shape index (κ1) is 23.4. The lowest BCUT2D eigenvalue weighted by molar-refractivity contribution is -0.123. The molecule has 1 saturated heterocycles. The van der Waals surface area contributed by atoms with Crippen LogP contribution in [-0.4, -0.2) is 23.2 Å². The number of nitrogens with zero attached hydrogens (tertiary/aromatic N) is 1. The number of rotatable bonds is 7. The fourth-order valence-corrected chi connectivity index (χ4v) is 4.52. The van der Waals surface area contributed by atoms with E-state index >= 15 is 0 Å². The van der Waals surface area contributed by atoms with Crippen molar-refractivity contribution in [2.45, 2.75) is 13.2 Å². The third kappa shape index (κ3) is 5.61. The number of carbonyl (C=O) groups excluding carboxylic acids is 2. The molecule has 0 aromatic heterocycles. The topological polar surface area (TPSA) is 55.8 Å². The summed E-state index contributed by atoms with van der Waals surface area (Å²) < 4.78 is 12.4. The molecule has 33 heavy (non-hydrogen) atoms. The van der Waals surface area contributed by atoms with Gasteiger partial charge in [-0.2, -0.15) is 0 Å². The number of carbonyl (C=O) groups is 2. The third-order valence-electron chi connectivity index (χ3n) is 4.95. The number of hydrogen-bond acceptors (Lipinski definition) is 5. The average molecular weight is 545 g/mol. The zero-order valence-corrected chi connectivity index (χ0v) is 20.7. The number of methoxy groups -OCH3 is 1. The number of amides is 2. The van der Waals surface area contributed by atoms with Gasteiger partial charge in [0.1, 0.15) is 6.61 Å². The molecule has 0 atom stereocenters. The molecule has 1 heterocycles. The van der Waals surface area contributed by atoms with E-state index in [0.29, 0.717) is 28.0 Å². The Hall–Kier alpha value is -2.74. The van der Waals surface area contributed by atoms with Gasteiger partial charge in [0.15, 0.2) is 11.5 Å².